The molecule has 3 heteroatoms. The second-order valence-electron chi connectivity index (χ2n) is 4.34. The molecular weight excluding hydrogens is 215 g/mol. The van der Waals surface area contributed by atoms with Gasteiger partial charge in [-0.2, -0.15) is 5.26 Å². The van der Waals surface area contributed by atoms with Crippen LogP contribution in [0.25, 0.3) is 0 Å². The van der Waals surface area contributed by atoms with Gasteiger partial charge in [0, 0.05) is 12.2 Å². The lowest BCUT2D eigenvalue weighted by Crippen LogP contribution is -2.15. The summed E-state index contributed by atoms with van der Waals surface area (Å²) in [6.45, 7) is 0.876. The van der Waals surface area contributed by atoms with Crippen molar-refractivity contribution in [1.29, 1.82) is 5.26 Å². The number of rotatable bonds is 3. The summed E-state index contributed by atoms with van der Waals surface area (Å²) in [5.74, 6) is 0.175. The SMILES string of the molecule is N#Cc1cc(NCC2CC=CCC2)ccc1F. The quantitative estimate of drug-likeness (QED) is 0.807. The topological polar surface area (TPSA) is 35.8 Å². The summed E-state index contributed by atoms with van der Waals surface area (Å²) in [5.41, 5.74) is 0.913. The van der Waals surface area contributed by atoms with Gasteiger partial charge >= 0.3 is 0 Å². The van der Waals surface area contributed by atoms with Gasteiger partial charge in [0.25, 0.3) is 0 Å². The fourth-order valence-corrected chi connectivity index (χ4v) is 2.02. The molecule has 1 aliphatic rings. The Hall–Kier alpha value is -1.82. The molecule has 2 rings (SSSR count). The summed E-state index contributed by atoms with van der Waals surface area (Å²) >= 11 is 0. The van der Waals surface area contributed by atoms with E-state index in [1.54, 1.807) is 12.1 Å². The molecule has 1 aliphatic carbocycles. The van der Waals surface area contributed by atoms with E-state index in [9.17, 15) is 4.39 Å². The van der Waals surface area contributed by atoms with Crippen LogP contribution in [0.5, 0.6) is 0 Å². The van der Waals surface area contributed by atoms with Crippen molar-refractivity contribution in [3.8, 4) is 6.07 Å². The molecule has 0 bridgehead atoms. The highest BCUT2D eigenvalue weighted by Gasteiger charge is 2.09. The van der Waals surface area contributed by atoms with Crippen LogP contribution in [0.15, 0.2) is 30.4 Å². The second kappa shape index (κ2) is 5.49. The smallest absolute Gasteiger partial charge is 0.141 e. The zero-order valence-electron chi connectivity index (χ0n) is 9.62. The molecule has 0 fully saturated rings. The largest absolute Gasteiger partial charge is 0.385 e. The third-order valence-electron chi connectivity index (χ3n) is 3.06. The molecule has 1 aromatic rings. The first-order chi connectivity index (χ1) is 8.29. The predicted molar refractivity (Wildman–Crippen MR) is 66.1 cm³/mol. The minimum absolute atomic E-state index is 0.0959. The lowest BCUT2D eigenvalue weighted by molar-refractivity contribution is 0.504. The van der Waals surface area contributed by atoms with Crippen molar-refractivity contribution in [3.63, 3.8) is 0 Å². The van der Waals surface area contributed by atoms with Crippen molar-refractivity contribution in [3.05, 3.63) is 41.7 Å². The number of allylic oxidation sites excluding steroid dienone is 2. The number of halogens is 1. The first-order valence-electron chi connectivity index (χ1n) is 5.88. The molecule has 88 valence electrons. The van der Waals surface area contributed by atoms with Gasteiger partial charge in [-0.25, -0.2) is 4.39 Å². The molecule has 0 radical (unpaired) electrons. The maximum absolute atomic E-state index is 13.1. The first-order valence-corrected chi connectivity index (χ1v) is 5.88. The van der Waals surface area contributed by atoms with Gasteiger partial charge in [0.2, 0.25) is 0 Å². The van der Waals surface area contributed by atoms with E-state index in [0.717, 1.165) is 25.1 Å². The fraction of sp³-hybridized carbons (Fsp3) is 0.357. The van der Waals surface area contributed by atoms with Crippen LogP contribution in [0.3, 0.4) is 0 Å². The molecule has 0 spiro atoms. The van der Waals surface area contributed by atoms with Crippen molar-refractivity contribution >= 4 is 5.69 Å². The number of hydrogen-bond acceptors (Lipinski definition) is 2. The highest BCUT2D eigenvalue weighted by molar-refractivity contribution is 5.49. The van der Waals surface area contributed by atoms with Crippen LogP contribution in [0, 0.1) is 23.1 Å². The van der Waals surface area contributed by atoms with E-state index in [4.69, 9.17) is 5.26 Å². The zero-order chi connectivity index (χ0) is 12.1. The maximum Gasteiger partial charge on any atom is 0.141 e. The van der Waals surface area contributed by atoms with Crippen molar-refractivity contribution in [1.82, 2.24) is 0 Å². The van der Waals surface area contributed by atoms with Crippen molar-refractivity contribution in [2.75, 3.05) is 11.9 Å². The Balaban J connectivity index is 1.95. The number of nitrogens with zero attached hydrogens (tertiary/aromatic N) is 1. The van der Waals surface area contributed by atoms with Gasteiger partial charge in [-0.15, -0.1) is 0 Å². The van der Waals surface area contributed by atoms with Crippen molar-refractivity contribution < 1.29 is 4.39 Å². The first kappa shape index (κ1) is 11.7. The Morgan fingerprint density at radius 3 is 3.00 bits per heavy atom. The van der Waals surface area contributed by atoms with E-state index < -0.39 is 5.82 Å². The Bertz CT molecular complexity index is 460. The van der Waals surface area contributed by atoms with Crippen LogP contribution in [-0.4, -0.2) is 6.54 Å². The highest BCUT2D eigenvalue weighted by atomic mass is 19.1. The third kappa shape index (κ3) is 3.07. The molecular formula is C14H15FN2. The summed E-state index contributed by atoms with van der Waals surface area (Å²) in [7, 11) is 0. The summed E-state index contributed by atoms with van der Waals surface area (Å²) in [4.78, 5) is 0. The average molecular weight is 230 g/mol. The molecule has 0 heterocycles. The normalized spacial score (nSPS) is 18.7. The third-order valence-corrected chi connectivity index (χ3v) is 3.06. The van der Waals surface area contributed by atoms with Crippen molar-refractivity contribution in [2.24, 2.45) is 5.92 Å². The van der Waals surface area contributed by atoms with Gasteiger partial charge in [0.1, 0.15) is 11.9 Å². The number of hydrogen-bond donors (Lipinski definition) is 1. The molecule has 17 heavy (non-hydrogen) atoms. The molecule has 0 aromatic heterocycles. The predicted octanol–water partition coefficient (Wildman–Crippen LogP) is 3.47. The molecule has 1 atom stereocenters. The maximum atomic E-state index is 13.1. The van der Waals surface area contributed by atoms with Crippen LogP contribution in [0.1, 0.15) is 24.8 Å². The van der Waals surface area contributed by atoms with Crippen LogP contribution in [0.2, 0.25) is 0 Å². The number of nitriles is 1. The minimum Gasteiger partial charge on any atom is -0.385 e. The highest BCUT2D eigenvalue weighted by Crippen LogP contribution is 2.20. The van der Waals surface area contributed by atoms with Gasteiger partial charge in [0.05, 0.1) is 5.56 Å². The standard InChI is InChI=1S/C14H15FN2/c15-14-7-6-13(8-12(14)9-16)17-10-11-4-2-1-3-5-11/h1-2,6-8,11,17H,3-5,10H2. The van der Waals surface area contributed by atoms with E-state index >= 15 is 0 Å². The van der Waals surface area contributed by atoms with E-state index in [-0.39, 0.29) is 5.56 Å². The molecule has 0 saturated carbocycles. The Morgan fingerprint density at radius 1 is 1.41 bits per heavy atom. The summed E-state index contributed by atoms with van der Waals surface area (Å²) < 4.78 is 13.1. The second-order valence-corrected chi connectivity index (χ2v) is 4.34. The molecule has 1 aromatic carbocycles. The van der Waals surface area contributed by atoms with Gasteiger partial charge in [-0.05, 0) is 43.4 Å². The van der Waals surface area contributed by atoms with Crippen molar-refractivity contribution in [2.45, 2.75) is 19.3 Å². The van der Waals surface area contributed by atoms with E-state index in [1.807, 2.05) is 6.07 Å². The van der Waals surface area contributed by atoms with E-state index in [0.29, 0.717) is 5.92 Å². The zero-order valence-corrected chi connectivity index (χ0v) is 9.62. The molecule has 0 saturated heterocycles. The molecule has 1 unspecified atom stereocenters. The summed E-state index contributed by atoms with van der Waals surface area (Å²) in [5, 5.41) is 12.0. The van der Waals surface area contributed by atoms with Crippen LogP contribution in [0.4, 0.5) is 10.1 Å². The minimum atomic E-state index is -0.460. The lowest BCUT2D eigenvalue weighted by atomic mass is 9.94. The van der Waals surface area contributed by atoms with E-state index in [1.165, 1.54) is 12.5 Å². The van der Waals surface area contributed by atoms with Gasteiger partial charge in [0.15, 0.2) is 0 Å². The lowest BCUT2D eigenvalue weighted by Gasteiger charge is -2.18. The van der Waals surface area contributed by atoms with E-state index in [2.05, 4.69) is 17.5 Å². The van der Waals surface area contributed by atoms with Crippen LogP contribution in [-0.2, 0) is 0 Å². The van der Waals surface area contributed by atoms with Gasteiger partial charge in [-0.1, -0.05) is 12.2 Å². The van der Waals surface area contributed by atoms with Gasteiger partial charge in [-0.3, -0.25) is 0 Å². The number of anilines is 1. The Kier molecular flexibility index (Phi) is 3.77. The average Bonchev–Trinajstić information content (AvgIpc) is 2.39. The Labute approximate surface area is 101 Å². The molecule has 2 nitrogen and oxygen atoms in total. The molecule has 1 N–H and O–H groups in total. The molecule has 0 amide bonds. The number of nitrogens with one attached hydrogen (secondary N) is 1. The summed E-state index contributed by atoms with van der Waals surface area (Å²) in [6.07, 6.45) is 7.84. The monoisotopic (exact) mass is 230 g/mol. The number of benzene rings is 1. The van der Waals surface area contributed by atoms with Crippen LogP contribution >= 0.6 is 0 Å². The fourth-order valence-electron chi connectivity index (χ4n) is 2.02. The van der Waals surface area contributed by atoms with Gasteiger partial charge < -0.3 is 5.32 Å². The summed E-state index contributed by atoms with van der Waals surface area (Å²) in [6, 6.07) is 6.42. The van der Waals surface area contributed by atoms with Crippen LogP contribution < -0.4 is 5.32 Å². The Morgan fingerprint density at radius 2 is 2.29 bits per heavy atom. The molecule has 0 aliphatic heterocycles.